The first-order valence-electron chi connectivity index (χ1n) is 6.22. The predicted molar refractivity (Wildman–Crippen MR) is 86.3 cm³/mol. The van der Waals surface area contributed by atoms with E-state index >= 15 is 0 Å². The number of hydrogen-bond acceptors (Lipinski definition) is 3. The van der Waals surface area contributed by atoms with Crippen LogP contribution < -0.4 is 11.1 Å². The molecule has 2 nitrogen and oxygen atoms in total. The zero-order valence-corrected chi connectivity index (χ0v) is 11.6. The van der Waals surface area contributed by atoms with Crippen LogP contribution in [0.3, 0.4) is 0 Å². The number of aromatic nitrogens is 2. The average Bonchev–Trinajstić information content (AvgIpc) is 2.50. The summed E-state index contributed by atoms with van der Waals surface area (Å²) in [5.74, 6) is 0.921. The zero-order chi connectivity index (χ0) is 13.9. The maximum absolute atomic E-state index is 5.90. The lowest BCUT2D eigenvalue weighted by atomic mass is 9.83. The summed E-state index contributed by atoms with van der Waals surface area (Å²) in [5, 5.41) is 8.80. The molecule has 0 aliphatic rings. The molecule has 0 fully saturated rings. The lowest BCUT2D eigenvalue weighted by molar-refractivity contribution is 1.11. The lowest BCUT2D eigenvalue weighted by Crippen LogP contribution is -2.30. The van der Waals surface area contributed by atoms with Crippen molar-refractivity contribution < 1.29 is 0 Å². The van der Waals surface area contributed by atoms with Gasteiger partial charge in [0.15, 0.2) is 0 Å². The van der Waals surface area contributed by atoms with E-state index in [9.17, 15) is 0 Å². The van der Waals surface area contributed by atoms with Crippen LogP contribution in [0.5, 0.6) is 0 Å². The number of nitrogens with zero attached hydrogens (tertiary/aromatic N) is 2. The van der Waals surface area contributed by atoms with E-state index in [0.29, 0.717) is 5.46 Å². The predicted octanol–water partition coefficient (Wildman–Crippen LogP) is 1.51. The van der Waals surface area contributed by atoms with Crippen LogP contribution in [-0.4, -0.2) is 25.9 Å². The van der Waals surface area contributed by atoms with Gasteiger partial charge in [-0.25, -0.2) is 0 Å². The molecule has 1 heterocycles. The highest BCUT2D eigenvalue weighted by atomic mass is 32.2. The lowest BCUT2D eigenvalue weighted by Gasteiger charge is -2.07. The first kappa shape index (κ1) is 13.3. The highest BCUT2D eigenvalue weighted by Crippen LogP contribution is 2.24. The maximum atomic E-state index is 5.90. The Balaban J connectivity index is 1.85. The standard InChI is InChI=1S/C15H10B2N2S/c16-14-12-7-6-11(8-13(12)18-19-15(14)17)20-9-10-4-2-1-3-5-10/h1-8H,9H2. The smallest absolute Gasteiger partial charge is 0.143 e. The molecule has 4 radical (unpaired) electrons. The second-order valence-electron chi connectivity index (χ2n) is 4.45. The molecule has 92 valence electrons. The van der Waals surface area contributed by atoms with Crippen molar-refractivity contribution in [2.75, 3.05) is 0 Å². The van der Waals surface area contributed by atoms with Crippen LogP contribution in [0.4, 0.5) is 0 Å². The second-order valence-corrected chi connectivity index (χ2v) is 5.50. The summed E-state index contributed by atoms with van der Waals surface area (Å²) < 4.78 is 0. The van der Waals surface area contributed by atoms with Crippen LogP contribution in [0.1, 0.15) is 5.56 Å². The van der Waals surface area contributed by atoms with Crippen LogP contribution in [0, 0.1) is 0 Å². The highest BCUT2D eigenvalue weighted by Gasteiger charge is 2.04. The van der Waals surface area contributed by atoms with Crippen molar-refractivity contribution in [3.63, 3.8) is 0 Å². The van der Waals surface area contributed by atoms with Crippen molar-refractivity contribution in [2.45, 2.75) is 10.6 Å². The Morgan fingerprint density at radius 2 is 1.75 bits per heavy atom. The molecule has 3 rings (SSSR count). The van der Waals surface area contributed by atoms with E-state index in [2.05, 4.69) is 22.3 Å². The van der Waals surface area contributed by atoms with Gasteiger partial charge in [-0.1, -0.05) is 41.9 Å². The summed E-state index contributed by atoms with van der Waals surface area (Å²) in [6, 6.07) is 16.3. The largest absolute Gasteiger partial charge is 0.167 e. The third kappa shape index (κ3) is 2.73. The molecule has 0 unspecified atom stereocenters. The van der Waals surface area contributed by atoms with Crippen molar-refractivity contribution in [1.29, 1.82) is 0 Å². The van der Waals surface area contributed by atoms with Gasteiger partial charge in [0.2, 0.25) is 0 Å². The minimum atomic E-state index is 0.280. The molecule has 0 spiro atoms. The minimum absolute atomic E-state index is 0.280. The van der Waals surface area contributed by atoms with Crippen LogP contribution in [0.2, 0.25) is 0 Å². The van der Waals surface area contributed by atoms with Gasteiger partial charge in [-0.2, -0.15) is 10.2 Å². The van der Waals surface area contributed by atoms with Crippen molar-refractivity contribution in [2.24, 2.45) is 0 Å². The number of hydrogen-bond donors (Lipinski definition) is 0. The van der Waals surface area contributed by atoms with Gasteiger partial charge >= 0.3 is 0 Å². The van der Waals surface area contributed by atoms with Gasteiger partial charge in [0.05, 0.1) is 5.52 Å². The van der Waals surface area contributed by atoms with Gasteiger partial charge in [0.25, 0.3) is 0 Å². The molecule has 0 bridgehead atoms. The Hall–Kier alpha value is -1.74. The van der Waals surface area contributed by atoms with E-state index < -0.39 is 0 Å². The van der Waals surface area contributed by atoms with Crippen LogP contribution >= 0.6 is 11.8 Å². The molecule has 3 aromatic rings. The summed E-state index contributed by atoms with van der Waals surface area (Å²) in [5.41, 5.74) is 2.84. The van der Waals surface area contributed by atoms with Gasteiger partial charge < -0.3 is 0 Å². The molecule has 2 aromatic carbocycles. The van der Waals surface area contributed by atoms with E-state index in [0.717, 1.165) is 21.6 Å². The summed E-state index contributed by atoms with van der Waals surface area (Å²) in [7, 11) is 11.6. The Bertz CT molecular complexity index is 747. The second kappa shape index (κ2) is 5.71. The van der Waals surface area contributed by atoms with Gasteiger partial charge in [-0.15, -0.1) is 11.8 Å². The number of rotatable bonds is 3. The molecule has 20 heavy (non-hydrogen) atoms. The zero-order valence-electron chi connectivity index (χ0n) is 10.8. The molecule has 5 heteroatoms. The number of fused-ring (bicyclic) bond motifs is 1. The Morgan fingerprint density at radius 3 is 2.55 bits per heavy atom. The molecule has 0 aliphatic heterocycles. The number of benzene rings is 2. The molecule has 0 saturated carbocycles. The fourth-order valence-electron chi connectivity index (χ4n) is 1.95. The van der Waals surface area contributed by atoms with Crippen molar-refractivity contribution in [1.82, 2.24) is 10.2 Å². The molecular formula is C15H10B2N2S. The third-order valence-electron chi connectivity index (χ3n) is 3.05. The Morgan fingerprint density at radius 1 is 0.950 bits per heavy atom. The van der Waals surface area contributed by atoms with E-state index in [-0.39, 0.29) is 5.59 Å². The quantitative estimate of drug-likeness (QED) is 0.534. The van der Waals surface area contributed by atoms with Crippen LogP contribution in [0.15, 0.2) is 53.4 Å². The van der Waals surface area contributed by atoms with Gasteiger partial charge in [-0.05, 0) is 23.1 Å². The van der Waals surface area contributed by atoms with Crippen LogP contribution in [-0.2, 0) is 5.75 Å². The van der Waals surface area contributed by atoms with E-state index in [1.807, 2.05) is 36.4 Å². The van der Waals surface area contributed by atoms with Crippen LogP contribution in [0.25, 0.3) is 10.9 Å². The Labute approximate surface area is 124 Å². The number of thioether (sulfide) groups is 1. The monoisotopic (exact) mass is 272 g/mol. The Kier molecular flexibility index (Phi) is 3.79. The molecular weight excluding hydrogens is 262 g/mol. The molecule has 0 aliphatic carbocycles. The maximum Gasteiger partial charge on any atom is 0.143 e. The first-order valence-corrected chi connectivity index (χ1v) is 7.21. The fraction of sp³-hybridized carbons (Fsp3) is 0.0667. The minimum Gasteiger partial charge on any atom is -0.167 e. The van der Waals surface area contributed by atoms with E-state index in [4.69, 9.17) is 15.7 Å². The van der Waals surface area contributed by atoms with E-state index in [1.165, 1.54) is 5.56 Å². The van der Waals surface area contributed by atoms with Crippen molar-refractivity contribution >= 4 is 49.4 Å². The van der Waals surface area contributed by atoms with Crippen molar-refractivity contribution in [3.05, 3.63) is 54.1 Å². The normalized spacial score (nSPS) is 10.8. The van der Waals surface area contributed by atoms with E-state index in [1.54, 1.807) is 11.8 Å². The van der Waals surface area contributed by atoms with Gasteiger partial charge in [-0.3, -0.25) is 0 Å². The average molecular weight is 272 g/mol. The fourth-order valence-corrected chi connectivity index (χ4v) is 2.84. The van der Waals surface area contributed by atoms with Gasteiger partial charge in [0.1, 0.15) is 15.7 Å². The molecule has 0 N–H and O–H groups in total. The van der Waals surface area contributed by atoms with Gasteiger partial charge in [0, 0.05) is 16.2 Å². The molecule has 0 saturated heterocycles. The summed E-state index contributed by atoms with van der Waals surface area (Å²) in [6.07, 6.45) is 0. The highest BCUT2D eigenvalue weighted by molar-refractivity contribution is 7.98. The topological polar surface area (TPSA) is 25.8 Å². The van der Waals surface area contributed by atoms with Crippen molar-refractivity contribution in [3.8, 4) is 0 Å². The SMILES string of the molecule is [B]c1nnc2cc(SCc3ccccc3)ccc2c1[B]. The molecule has 0 amide bonds. The summed E-state index contributed by atoms with van der Waals surface area (Å²) in [4.78, 5) is 1.14. The molecule has 0 atom stereocenters. The molecule has 1 aromatic heterocycles. The summed E-state index contributed by atoms with van der Waals surface area (Å²) >= 11 is 1.76. The first-order chi connectivity index (χ1) is 9.74. The third-order valence-corrected chi connectivity index (χ3v) is 4.11. The summed E-state index contributed by atoms with van der Waals surface area (Å²) in [6.45, 7) is 0.